The topological polar surface area (TPSA) is 66.9 Å². The van der Waals surface area contributed by atoms with Crippen molar-refractivity contribution in [3.63, 3.8) is 0 Å². The zero-order valence-corrected chi connectivity index (χ0v) is 12.0. The highest BCUT2D eigenvalue weighted by Crippen LogP contribution is 2.16. The zero-order chi connectivity index (χ0) is 14.5. The van der Waals surface area contributed by atoms with Gasteiger partial charge in [0, 0.05) is 30.5 Å². The second kappa shape index (κ2) is 6.63. The summed E-state index contributed by atoms with van der Waals surface area (Å²) >= 11 is 0. The summed E-state index contributed by atoms with van der Waals surface area (Å²) in [6, 6.07) is 6.10. The van der Waals surface area contributed by atoms with Gasteiger partial charge in [0.05, 0.1) is 11.0 Å². The van der Waals surface area contributed by atoms with Gasteiger partial charge in [-0.05, 0) is 44.0 Å². The highest BCUT2D eigenvalue weighted by Gasteiger charge is 2.14. The van der Waals surface area contributed by atoms with Gasteiger partial charge in [-0.2, -0.15) is 0 Å². The maximum atomic E-state index is 12.0. The average Bonchev–Trinajstić information content (AvgIpc) is 2.54. The largest absolute Gasteiger partial charge is 0.326 e. The van der Waals surface area contributed by atoms with Crippen LogP contribution in [0.2, 0.25) is 0 Å². The van der Waals surface area contributed by atoms with E-state index in [9.17, 15) is 4.79 Å². The summed E-state index contributed by atoms with van der Waals surface area (Å²) in [7, 11) is 0. The quantitative estimate of drug-likeness (QED) is 0.905. The lowest BCUT2D eigenvalue weighted by Gasteiger charge is -2.23. The molecule has 0 radical (unpaired) electrons. The lowest BCUT2D eigenvalue weighted by molar-refractivity contribution is -0.116. The number of carbonyl (C=O) groups is 1. The molecule has 1 amide bonds. The summed E-state index contributed by atoms with van der Waals surface area (Å²) in [5.41, 5.74) is 2.41. The number of anilines is 1. The van der Waals surface area contributed by atoms with Crippen LogP contribution >= 0.6 is 0 Å². The fourth-order valence-electron chi connectivity index (χ4n) is 2.74. The van der Waals surface area contributed by atoms with Gasteiger partial charge < -0.3 is 10.6 Å². The van der Waals surface area contributed by atoms with E-state index in [0.29, 0.717) is 12.5 Å². The number of hydrogen-bond donors (Lipinski definition) is 2. The number of hydrogen-bond acceptors (Lipinski definition) is 4. The van der Waals surface area contributed by atoms with Crippen LogP contribution < -0.4 is 10.6 Å². The molecule has 1 saturated heterocycles. The minimum atomic E-state index is 0.0608. The van der Waals surface area contributed by atoms with Gasteiger partial charge >= 0.3 is 0 Å². The third kappa shape index (κ3) is 3.76. The first-order valence-corrected chi connectivity index (χ1v) is 7.55. The standard InChI is InChI=1S/C16H20N4O/c21-16(7-5-12-3-1-2-8-17-12)20-13-4-6-14-15(11-13)19-10-9-18-14/h4,6,9-12,17H,1-3,5,7-8H2,(H,20,21). The van der Waals surface area contributed by atoms with Gasteiger partial charge in [-0.1, -0.05) is 6.42 Å². The minimum Gasteiger partial charge on any atom is -0.326 e. The summed E-state index contributed by atoms with van der Waals surface area (Å²) < 4.78 is 0. The van der Waals surface area contributed by atoms with Crippen LogP contribution in [0.25, 0.3) is 11.0 Å². The van der Waals surface area contributed by atoms with Crippen LogP contribution in [0.15, 0.2) is 30.6 Å². The van der Waals surface area contributed by atoms with Crippen LogP contribution in [-0.4, -0.2) is 28.5 Å². The molecule has 1 aromatic heterocycles. The first kappa shape index (κ1) is 13.9. The molecule has 1 aliphatic rings. The smallest absolute Gasteiger partial charge is 0.224 e. The van der Waals surface area contributed by atoms with Crippen LogP contribution in [0.1, 0.15) is 32.1 Å². The lowest BCUT2D eigenvalue weighted by Crippen LogP contribution is -2.34. The van der Waals surface area contributed by atoms with Crippen LogP contribution in [0.3, 0.4) is 0 Å². The normalized spacial score (nSPS) is 18.6. The zero-order valence-electron chi connectivity index (χ0n) is 12.0. The fraction of sp³-hybridized carbons (Fsp3) is 0.438. The van der Waals surface area contributed by atoms with E-state index in [1.165, 1.54) is 19.3 Å². The van der Waals surface area contributed by atoms with E-state index in [-0.39, 0.29) is 5.91 Å². The van der Waals surface area contributed by atoms with Crippen molar-refractivity contribution in [1.29, 1.82) is 0 Å². The molecular weight excluding hydrogens is 264 g/mol. The Balaban J connectivity index is 1.55. The molecule has 2 heterocycles. The molecule has 3 rings (SSSR count). The van der Waals surface area contributed by atoms with Crippen molar-refractivity contribution in [1.82, 2.24) is 15.3 Å². The number of rotatable bonds is 4. The molecule has 1 unspecified atom stereocenters. The Morgan fingerprint density at radius 3 is 2.90 bits per heavy atom. The Morgan fingerprint density at radius 2 is 2.10 bits per heavy atom. The van der Waals surface area contributed by atoms with E-state index in [0.717, 1.165) is 29.7 Å². The molecule has 1 fully saturated rings. The number of aromatic nitrogens is 2. The fourth-order valence-corrected chi connectivity index (χ4v) is 2.74. The summed E-state index contributed by atoms with van der Waals surface area (Å²) in [5.74, 6) is 0.0608. The first-order valence-electron chi connectivity index (χ1n) is 7.55. The maximum absolute atomic E-state index is 12.0. The molecule has 0 spiro atoms. The molecule has 21 heavy (non-hydrogen) atoms. The monoisotopic (exact) mass is 284 g/mol. The lowest BCUT2D eigenvalue weighted by atomic mass is 10.0. The predicted octanol–water partition coefficient (Wildman–Crippen LogP) is 2.49. The van der Waals surface area contributed by atoms with Crippen LogP contribution in [0.4, 0.5) is 5.69 Å². The Hall–Kier alpha value is -2.01. The Morgan fingerprint density at radius 1 is 1.24 bits per heavy atom. The van der Waals surface area contributed by atoms with Gasteiger partial charge in [-0.3, -0.25) is 14.8 Å². The van der Waals surface area contributed by atoms with Crippen LogP contribution in [0, 0.1) is 0 Å². The van der Waals surface area contributed by atoms with E-state index in [1.54, 1.807) is 12.4 Å². The van der Waals surface area contributed by atoms with Crippen LogP contribution in [0.5, 0.6) is 0 Å². The van der Waals surface area contributed by atoms with Crippen molar-refractivity contribution in [3.05, 3.63) is 30.6 Å². The Labute approximate surface area is 124 Å². The molecule has 1 aliphatic heterocycles. The van der Waals surface area contributed by atoms with Gasteiger partial charge in [0.25, 0.3) is 0 Å². The second-order valence-electron chi connectivity index (χ2n) is 5.49. The van der Waals surface area contributed by atoms with Crippen molar-refractivity contribution in [2.24, 2.45) is 0 Å². The van der Waals surface area contributed by atoms with Gasteiger partial charge in [-0.25, -0.2) is 0 Å². The number of nitrogens with zero attached hydrogens (tertiary/aromatic N) is 2. The predicted molar refractivity (Wildman–Crippen MR) is 83.0 cm³/mol. The second-order valence-corrected chi connectivity index (χ2v) is 5.49. The third-order valence-corrected chi connectivity index (χ3v) is 3.89. The Kier molecular flexibility index (Phi) is 4.40. The molecule has 0 aliphatic carbocycles. The van der Waals surface area contributed by atoms with Crippen molar-refractivity contribution >= 4 is 22.6 Å². The highest BCUT2D eigenvalue weighted by atomic mass is 16.1. The van der Waals surface area contributed by atoms with Gasteiger partial charge in [0.15, 0.2) is 0 Å². The van der Waals surface area contributed by atoms with Crippen LogP contribution in [-0.2, 0) is 4.79 Å². The molecule has 2 N–H and O–H groups in total. The number of nitrogens with one attached hydrogen (secondary N) is 2. The average molecular weight is 284 g/mol. The molecule has 1 atom stereocenters. The summed E-state index contributed by atoms with van der Waals surface area (Å²) in [6.07, 6.45) is 8.47. The molecular formula is C16H20N4O. The first-order chi connectivity index (χ1) is 10.3. The van der Waals surface area contributed by atoms with E-state index in [1.807, 2.05) is 18.2 Å². The molecule has 2 aromatic rings. The molecule has 0 saturated carbocycles. The third-order valence-electron chi connectivity index (χ3n) is 3.89. The van der Waals surface area contributed by atoms with Crippen molar-refractivity contribution in [2.45, 2.75) is 38.1 Å². The summed E-state index contributed by atoms with van der Waals surface area (Å²) in [4.78, 5) is 20.5. The van der Waals surface area contributed by atoms with E-state index in [2.05, 4.69) is 20.6 Å². The molecule has 0 bridgehead atoms. The van der Waals surface area contributed by atoms with E-state index < -0.39 is 0 Å². The SMILES string of the molecule is O=C(CCC1CCCCN1)Nc1ccc2nccnc2c1. The molecule has 5 nitrogen and oxygen atoms in total. The number of amides is 1. The van der Waals surface area contributed by atoms with Crippen molar-refractivity contribution in [3.8, 4) is 0 Å². The summed E-state index contributed by atoms with van der Waals surface area (Å²) in [5, 5.41) is 6.40. The molecule has 1 aromatic carbocycles. The van der Waals surface area contributed by atoms with E-state index in [4.69, 9.17) is 0 Å². The van der Waals surface area contributed by atoms with Gasteiger partial charge in [0.1, 0.15) is 0 Å². The molecule has 110 valence electrons. The van der Waals surface area contributed by atoms with Crippen molar-refractivity contribution in [2.75, 3.05) is 11.9 Å². The molecule has 5 heteroatoms. The van der Waals surface area contributed by atoms with Gasteiger partial charge in [-0.15, -0.1) is 0 Å². The minimum absolute atomic E-state index is 0.0608. The number of benzene rings is 1. The number of carbonyl (C=O) groups excluding carboxylic acids is 1. The number of piperidine rings is 1. The number of fused-ring (bicyclic) bond motifs is 1. The highest BCUT2D eigenvalue weighted by molar-refractivity contribution is 5.92. The maximum Gasteiger partial charge on any atom is 0.224 e. The van der Waals surface area contributed by atoms with Gasteiger partial charge in [0.2, 0.25) is 5.91 Å². The summed E-state index contributed by atoms with van der Waals surface area (Å²) in [6.45, 7) is 1.08. The van der Waals surface area contributed by atoms with E-state index >= 15 is 0 Å². The van der Waals surface area contributed by atoms with Crippen molar-refractivity contribution < 1.29 is 4.79 Å². The Bertz CT molecular complexity index is 622.